The molecule has 1 amide bonds. The molecular formula is C17H24FN3O3S. The lowest BCUT2D eigenvalue weighted by molar-refractivity contribution is -0.139. The number of rotatable bonds is 3. The molecule has 3 rings (SSSR count). The summed E-state index contributed by atoms with van der Waals surface area (Å²) in [4.78, 5) is 14.5. The van der Waals surface area contributed by atoms with Crippen molar-refractivity contribution in [1.82, 2.24) is 9.21 Å². The molecule has 2 fully saturated rings. The number of piperazine rings is 1. The van der Waals surface area contributed by atoms with Gasteiger partial charge in [-0.05, 0) is 37.1 Å². The van der Waals surface area contributed by atoms with Crippen LogP contribution in [0.3, 0.4) is 0 Å². The monoisotopic (exact) mass is 369 g/mol. The number of amides is 1. The van der Waals surface area contributed by atoms with Crippen molar-refractivity contribution in [1.29, 1.82) is 0 Å². The van der Waals surface area contributed by atoms with Crippen molar-refractivity contribution in [3.05, 3.63) is 30.1 Å². The molecule has 1 aliphatic heterocycles. The molecule has 2 aliphatic rings. The molecule has 138 valence electrons. The van der Waals surface area contributed by atoms with Gasteiger partial charge >= 0.3 is 0 Å². The summed E-state index contributed by atoms with van der Waals surface area (Å²) in [5.74, 6) is -0.541. The number of halogens is 1. The molecular weight excluding hydrogens is 345 g/mol. The van der Waals surface area contributed by atoms with Crippen LogP contribution in [0.25, 0.3) is 0 Å². The molecule has 0 bridgehead atoms. The fourth-order valence-corrected chi connectivity index (χ4v) is 5.02. The Morgan fingerprint density at radius 2 is 1.56 bits per heavy atom. The average Bonchev–Trinajstić information content (AvgIpc) is 2.62. The van der Waals surface area contributed by atoms with Crippen molar-refractivity contribution in [2.75, 3.05) is 26.2 Å². The Morgan fingerprint density at radius 3 is 2.12 bits per heavy atom. The van der Waals surface area contributed by atoms with Gasteiger partial charge in [-0.2, -0.15) is 4.31 Å². The molecule has 0 aromatic heterocycles. The van der Waals surface area contributed by atoms with E-state index < -0.39 is 21.4 Å². The van der Waals surface area contributed by atoms with Gasteiger partial charge in [0.1, 0.15) is 5.82 Å². The van der Waals surface area contributed by atoms with Crippen LogP contribution in [-0.2, 0) is 14.8 Å². The van der Waals surface area contributed by atoms with Crippen LogP contribution < -0.4 is 5.73 Å². The molecule has 0 spiro atoms. The quantitative estimate of drug-likeness (QED) is 0.871. The second-order valence-electron chi connectivity index (χ2n) is 6.87. The molecule has 1 heterocycles. The summed E-state index contributed by atoms with van der Waals surface area (Å²) in [5.41, 5.74) is 5.51. The van der Waals surface area contributed by atoms with Crippen molar-refractivity contribution < 1.29 is 17.6 Å². The van der Waals surface area contributed by atoms with Gasteiger partial charge in [0, 0.05) is 26.2 Å². The van der Waals surface area contributed by atoms with Crippen LogP contribution in [0.1, 0.15) is 32.1 Å². The molecule has 1 aromatic rings. The third-order valence-electron chi connectivity index (χ3n) is 5.15. The summed E-state index contributed by atoms with van der Waals surface area (Å²) in [6.07, 6.45) is 4.41. The maximum absolute atomic E-state index is 13.0. The first kappa shape index (κ1) is 18.3. The molecule has 6 nitrogen and oxygen atoms in total. The number of nitrogens with two attached hydrogens (primary N) is 1. The van der Waals surface area contributed by atoms with Crippen LogP contribution in [0.2, 0.25) is 0 Å². The molecule has 8 heteroatoms. The Bertz CT molecular complexity index is 722. The molecule has 25 heavy (non-hydrogen) atoms. The van der Waals surface area contributed by atoms with Crippen molar-refractivity contribution in [3.8, 4) is 0 Å². The van der Waals surface area contributed by atoms with E-state index in [-0.39, 0.29) is 23.9 Å². The number of nitrogens with zero attached hydrogens (tertiary/aromatic N) is 2. The minimum Gasteiger partial charge on any atom is -0.338 e. The maximum Gasteiger partial charge on any atom is 0.243 e. The minimum atomic E-state index is -3.67. The minimum absolute atomic E-state index is 0.0639. The second kappa shape index (κ2) is 7.01. The van der Waals surface area contributed by atoms with Gasteiger partial charge < -0.3 is 10.6 Å². The smallest absolute Gasteiger partial charge is 0.243 e. The first-order valence-electron chi connectivity index (χ1n) is 8.67. The van der Waals surface area contributed by atoms with Gasteiger partial charge in [-0.25, -0.2) is 12.8 Å². The van der Waals surface area contributed by atoms with Crippen LogP contribution in [0.5, 0.6) is 0 Å². The zero-order valence-corrected chi connectivity index (χ0v) is 15.0. The molecule has 1 aromatic carbocycles. The van der Waals surface area contributed by atoms with E-state index in [1.165, 1.54) is 16.4 Å². The van der Waals surface area contributed by atoms with E-state index in [0.717, 1.165) is 31.4 Å². The van der Waals surface area contributed by atoms with Crippen LogP contribution in [0, 0.1) is 5.82 Å². The first-order chi connectivity index (χ1) is 11.8. The van der Waals surface area contributed by atoms with Crippen molar-refractivity contribution in [2.24, 2.45) is 5.73 Å². The molecule has 0 radical (unpaired) electrons. The van der Waals surface area contributed by atoms with E-state index in [2.05, 4.69) is 0 Å². The number of hydrogen-bond acceptors (Lipinski definition) is 4. The van der Waals surface area contributed by atoms with Gasteiger partial charge in [0.15, 0.2) is 0 Å². The van der Waals surface area contributed by atoms with Crippen molar-refractivity contribution in [3.63, 3.8) is 0 Å². The summed E-state index contributed by atoms with van der Waals surface area (Å²) in [5, 5.41) is 0. The van der Waals surface area contributed by atoms with E-state index in [4.69, 9.17) is 5.73 Å². The predicted molar refractivity (Wildman–Crippen MR) is 91.7 cm³/mol. The van der Waals surface area contributed by atoms with E-state index in [9.17, 15) is 17.6 Å². The average molecular weight is 369 g/mol. The fraction of sp³-hybridized carbons (Fsp3) is 0.588. The molecule has 0 atom stereocenters. The first-order valence-corrected chi connectivity index (χ1v) is 10.1. The van der Waals surface area contributed by atoms with E-state index >= 15 is 0 Å². The van der Waals surface area contributed by atoms with Gasteiger partial charge in [0.25, 0.3) is 0 Å². The summed E-state index contributed by atoms with van der Waals surface area (Å²) in [6, 6.07) is 4.79. The third kappa shape index (κ3) is 3.70. The maximum atomic E-state index is 13.0. The zero-order chi connectivity index (χ0) is 18.1. The Hall–Kier alpha value is -1.51. The lowest BCUT2D eigenvalue weighted by atomic mass is 9.81. The number of hydrogen-bond donors (Lipinski definition) is 1. The van der Waals surface area contributed by atoms with Crippen molar-refractivity contribution in [2.45, 2.75) is 42.5 Å². The van der Waals surface area contributed by atoms with Gasteiger partial charge in [-0.3, -0.25) is 4.79 Å². The fourth-order valence-electron chi connectivity index (χ4n) is 3.60. The summed E-state index contributed by atoms with van der Waals surface area (Å²) >= 11 is 0. The van der Waals surface area contributed by atoms with Crippen molar-refractivity contribution >= 4 is 15.9 Å². The van der Waals surface area contributed by atoms with Crippen LogP contribution in [0.15, 0.2) is 29.2 Å². The standard InChI is InChI=1S/C17H24FN3O3S/c18-14-4-6-15(7-5-14)25(23,24)21-12-10-20(11-13-21)16(22)17(19)8-2-1-3-9-17/h4-7H,1-3,8-13,19H2. The zero-order valence-electron chi connectivity index (χ0n) is 14.2. The molecule has 1 saturated heterocycles. The number of carbonyl (C=O) groups is 1. The lowest BCUT2D eigenvalue weighted by Gasteiger charge is -2.40. The van der Waals surface area contributed by atoms with E-state index in [1.807, 2.05) is 0 Å². The molecule has 1 aliphatic carbocycles. The second-order valence-corrected chi connectivity index (χ2v) is 8.80. The third-order valence-corrected chi connectivity index (χ3v) is 7.06. The van der Waals surface area contributed by atoms with Crippen LogP contribution in [-0.4, -0.2) is 55.2 Å². The van der Waals surface area contributed by atoms with E-state index in [0.29, 0.717) is 25.9 Å². The highest BCUT2D eigenvalue weighted by molar-refractivity contribution is 7.89. The number of carbonyl (C=O) groups excluding carboxylic acids is 1. The molecule has 0 unspecified atom stereocenters. The van der Waals surface area contributed by atoms with Crippen LogP contribution in [0.4, 0.5) is 4.39 Å². The predicted octanol–water partition coefficient (Wildman–Crippen LogP) is 1.32. The summed E-state index contributed by atoms with van der Waals surface area (Å²) in [7, 11) is -3.67. The molecule has 1 saturated carbocycles. The van der Waals surface area contributed by atoms with E-state index in [1.54, 1.807) is 4.90 Å². The highest BCUT2D eigenvalue weighted by atomic mass is 32.2. The number of benzene rings is 1. The van der Waals surface area contributed by atoms with Gasteiger partial charge in [0.2, 0.25) is 15.9 Å². The Labute approximate surface area is 147 Å². The molecule has 2 N–H and O–H groups in total. The highest BCUT2D eigenvalue weighted by Crippen LogP contribution is 2.28. The topological polar surface area (TPSA) is 83.7 Å². The number of sulfonamides is 1. The van der Waals surface area contributed by atoms with Gasteiger partial charge in [-0.1, -0.05) is 19.3 Å². The largest absolute Gasteiger partial charge is 0.338 e. The Morgan fingerprint density at radius 1 is 1.00 bits per heavy atom. The van der Waals surface area contributed by atoms with Gasteiger partial charge in [-0.15, -0.1) is 0 Å². The summed E-state index contributed by atoms with van der Waals surface area (Å²) < 4.78 is 39.6. The highest BCUT2D eigenvalue weighted by Gasteiger charge is 2.40. The summed E-state index contributed by atoms with van der Waals surface area (Å²) in [6.45, 7) is 1.11. The normalized spacial score (nSPS) is 21.9. The van der Waals surface area contributed by atoms with Crippen LogP contribution >= 0.6 is 0 Å². The Balaban J connectivity index is 1.65. The SMILES string of the molecule is NC1(C(=O)N2CCN(S(=O)(=O)c3ccc(F)cc3)CC2)CCCCC1. The van der Waals surface area contributed by atoms with Gasteiger partial charge in [0.05, 0.1) is 10.4 Å². The Kier molecular flexibility index (Phi) is 5.13. The lowest BCUT2D eigenvalue weighted by Crippen LogP contribution is -2.60.